The van der Waals surface area contributed by atoms with Crippen LogP contribution in [-0.2, 0) is 11.3 Å². The van der Waals surface area contributed by atoms with Crippen LogP contribution in [0.1, 0.15) is 32.2 Å². The summed E-state index contributed by atoms with van der Waals surface area (Å²) in [4.78, 5) is 16.5. The van der Waals surface area contributed by atoms with Gasteiger partial charge in [0.1, 0.15) is 0 Å². The van der Waals surface area contributed by atoms with Crippen LogP contribution >= 0.6 is 24.8 Å². The summed E-state index contributed by atoms with van der Waals surface area (Å²) < 4.78 is 5.23. The third-order valence-electron chi connectivity index (χ3n) is 3.94. The van der Waals surface area contributed by atoms with E-state index in [4.69, 9.17) is 10.3 Å². The van der Waals surface area contributed by atoms with Gasteiger partial charge in [0.2, 0.25) is 5.91 Å². The molecule has 23 heavy (non-hydrogen) atoms. The summed E-state index contributed by atoms with van der Waals surface area (Å²) >= 11 is 0. The molecule has 1 aliphatic rings. The van der Waals surface area contributed by atoms with E-state index in [-0.39, 0.29) is 36.1 Å². The van der Waals surface area contributed by atoms with Crippen molar-refractivity contribution in [2.75, 3.05) is 26.2 Å². The highest BCUT2D eigenvalue weighted by molar-refractivity contribution is 5.85. The Labute approximate surface area is 150 Å². The number of piperazine rings is 1. The molecule has 0 aromatic carbocycles. The molecule has 0 radical (unpaired) electrons. The van der Waals surface area contributed by atoms with Crippen molar-refractivity contribution in [2.24, 2.45) is 11.1 Å². The lowest BCUT2D eigenvalue weighted by Gasteiger charge is -2.37. The van der Waals surface area contributed by atoms with Crippen LogP contribution in [0.15, 0.2) is 10.6 Å². The lowest BCUT2D eigenvalue weighted by molar-refractivity contribution is -0.136. The number of carbonyl (C=O) groups is 1. The van der Waals surface area contributed by atoms with Crippen LogP contribution in [0.3, 0.4) is 0 Å². The van der Waals surface area contributed by atoms with E-state index in [1.54, 1.807) is 0 Å². The Bertz CT molecular complexity index is 494. The zero-order valence-electron chi connectivity index (χ0n) is 14.2. The van der Waals surface area contributed by atoms with Gasteiger partial charge >= 0.3 is 0 Å². The second kappa shape index (κ2) is 8.87. The number of aromatic nitrogens is 1. The van der Waals surface area contributed by atoms with Crippen molar-refractivity contribution >= 4 is 30.7 Å². The van der Waals surface area contributed by atoms with E-state index in [9.17, 15) is 4.79 Å². The summed E-state index contributed by atoms with van der Waals surface area (Å²) in [5.41, 5.74) is 6.75. The van der Waals surface area contributed by atoms with Crippen LogP contribution in [0.5, 0.6) is 0 Å². The normalized spacial score (nSPS) is 17.2. The Hall–Kier alpha value is -0.820. The Kier molecular flexibility index (Phi) is 8.56. The molecular weight excluding hydrogens is 339 g/mol. The SMILES string of the molecule is Cc1cc(CN2CCN(C(=O)[C@@H](N)C(C)(C)C)CC2)on1.Cl.Cl. The van der Waals surface area contributed by atoms with Gasteiger partial charge in [-0.3, -0.25) is 9.69 Å². The fourth-order valence-corrected chi connectivity index (χ4v) is 2.40. The van der Waals surface area contributed by atoms with Gasteiger partial charge in [-0.1, -0.05) is 25.9 Å². The third-order valence-corrected chi connectivity index (χ3v) is 3.94. The Balaban J connectivity index is 0.00000242. The maximum absolute atomic E-state index is 12.4. The van der Waals surface area contributed by atoms with Crippen LogP contribution < -0.4 is 5.73 Å². The summed E-state index contributed by atoms with van der Waals surface area (Å²) in [6, 6.07) is 1.51. The van der Waals surface area contributed by atoms with Crippen molar-refractivity contribution in [3.63, 3.8) is 0 Å². The minimum Gasteiger partial charge on any atom is -0.360 e. The summed E-state index contributed by atoms with van der Waals surface area (Å²) in [6.45, 7) is 11.8. The van der Waals surface area contributed by atoms with Gasteiger partial charge in [-0.15, -0.1) is 24.8 Å². The molecule has 0 unspecified atom stereocenters. The predicted octanol–water partition coefficient (Wildman–Crippen LogP) is 1.84. The largest absolute Gasteiger partial charge is 0.360 e. The number of nitrogens with two attached hydrogens (primary N) is 1. The van der Waals surface area contributed by atoms with Gasteiger partial charge in [0, 0.05) is 32.2 Å². The summed E-state index contributed by atoms with van der Waals surface area (Å²) in [5.74, 6) is 0.927. The van der Waals surface area contributed by atoms with Gasteiger partial charge in [-0.05, 0) is 12.3 Å². The van der Waals surface area contributed by atoms with Crippen molar-refractivity contribution in [2.45, 2.75) is 40.3 Å². The Morgan fingerprint density at radius 2 is 1.87 bits per heavy atom. The number of aryl methyl sites for hydroxylation is 1. The van der Waals surface area contributed by atoms with Crippen molar-refractivity contribution in [3.8, 4) is 0 Å². The number of amides is 1. The molecule has 6 nitrogen and oxygen atoms in total. The highest BCUT2D eigenvalue weighted by atomic mass is 35.5. The zero-order valence-corrected chi connectivity index (χ0v) is 15.9. The predicted molar refractivity (Wildman–Crippen MR) is 95.0 cm³/mol. The highest BCUT2D eigenvalue weighted by Gasteiger charge is 2.32. The van der Waals surface area contributed by atoms with Crippen molar-refractivity contribution < 1.29 is 9.32 Å². The smallest absolute Gasteiger partial charge is 0.240 e. The fourth-order valence-electron chi connectivity index (χ4n) is 2.40. The number of hydrogen-bond acceptors (Lipinski definition) is 5. The van der Waals surface area contributed by atoms with Crippen molar-refractivity contribution in [1.82, 2.24) is 15.0 Å². The van der Waals surface area contributed by atoms with Gasteiger partial charge in [0.15, 0.2) is 5.76 Å². The summed E-state index contributed by atoms with van der Waals surface area (Å²) in [6.07, 6.45) is 0. The van der Waals surface area contributed by atoms with Gasteiger partial charge in [0.05, 0.1) is 18.3 Å². The maximum atomic E-state index is 12.4. The molecule has 2 rings (SSSR count). The van der Waals surface area contributed by atoms with Crippen LogP contribution in [0, 0.1) is 12.3 Å². The molecule has 0 saturated carbocycles. The van der Waals surface area contributed by atoms with E-state index < -0.39 is 6.04 Å². The molecule has 134 valence electrons. The van der Waals surface area contributed by atoms with E-state index >= 15 is 0 Å². The second-order valence-electron chi connectivity index (χ2n) is 6.88. The summed E-state index contributed by atoms with van der Waals surface area (Å²) in [5, 5.41) is 3.89. The third kappa shape index (κ3) is 5.95. The van der Waals surface area contributed by atoms with E-state index in [0.717, 1.165) is 44.2 Å². The zero-order chi connectivity index (χ0) is 15.6. The van der Waals surface area contributed by atoms with Crippen LogP contribution in [0.2, 0.25) is 0 Å². The van der Waals surface area contributed by atoms with Gasteiger partial charge in [-0.2, -0.15) is 0 Å². The van der Waals surface area contributed by atoms with Crippen molar-refractivity contribution in [1.29, 1.82) is 0 Å². The molecule has 1 amide bonds. The van der Waals surface area contributed by atoms with E-state index in [1.807, 2.05) is 38.7 Å². The monoisotopic (exact) mass is 366 g/mol. The standard InChI is InChI=1S/C15H26N4O2.2ClH/c1-11-9-12(21-17-11)10-18-5-7-19(8-6-18)14(20)13(16)15(2,3)4;;/h9,13H,5-8,10,16H2,1-4H3;2*1H/t13-;;/m1../s1. The number of hydrogen-bond donors (Lipinski definition) is 1. The topological polar surface area (TPSA) is 75.6 Å². The summed E-state index contributed by atoms with van der Waals surface area (Å²) in [7, 11) is 0. The van der Waals surface area contributed by atoms with Gasteiger partial charge < -0.3 is 15.2 Å². The van der Waals surface area contributed by atoms with Crippen LogP contribution in [-0.4, -0.2) is 53.1 Å². The first kappa shape index (κ1) is 22.2. The minimum absolute atomic E-state index is 0. The molecule has 1 aliphatic heterocycles. The average molecular weight is 367 g/mol. The first-order chi connectivity index (χ1) is 9.77. The molecule has 2 N–H and O–H groups in total. The molecule has 1 aromatic rings. The molecule has 1 atom stereocenters. The number of halogens is 2. The lowest BCUT2D eigenvalue weighted by Crippen LogP contribution is -2.56. The molecule has 1 aromatic heterocycles. The van der Waals surface area contributed by atoms with Crippen LogP contribution in [0.4, 0.5) is 0 Å². The quantitative estimate of drug-likeness (QED) is 0.882. The first-order valence-corrected chi connectivity index (χ1v) is 7.46. The van der Waals surface area contributed by atoms with Gasteiger partial charge in [0.25, 0.3) is 0 Å². The first-order valence-electron chi connectivity index (χ1n) is 7.46. The molecule has 1 fully saturated rings. The van der Waals surface area contributed by atoms with Gasteiger partial charge in [-0.25, -0.2) is 0 Å². The molecular formula is C15H28Cl2N4O2. The van der Waals surface area contributed by atoms with E-state index in [1.165, 1.54) is 0 Å². The lowest BCUT2D eigenvalue weighted by atomic mass is 9.86. The Morgan fingerprint density at radius 1 is 1.30 bits per heavy atom. The molecule has 2 heterocycles. The molecule has 1 saturated heterocycles. The fraction of sp³-hybridized carbons (Fsp3) is 0.733. The van der Waals surface area contributed by atoms with Crippen molar-refractivity contribution in [3.05, 3.63) is 17.5 Å². The highest BCUT2D eigenvalue weighted by Crippen LogP contribution is 2.20. The number of nitrogens with zero attached hydrogens (tertiary/aromatic N) is 3. The van der Waals surface area contributed by atoms with Crippen LogP contribution in [0.25, 0.3) is 0 Å². The second-order valence-corrected chi connectivity index (χ2v) is 6.88. The number of rotatable bonds is 3. The number of carbonyl (C=O) groups excluding carboxylic acids is 1. The molecule has 0 spiro atoms. The maximum Gasteiger partial charge on any atom is 0.240 e. The average Bonchev–Trinajstić information content (AvgIpc) is 2.82. The molecule has 0 bridgehead atoms. The Morgan fingerprint density at radius 3 is 2.30 bits per heavy atom. The molecule has 8 heteroatoms. The van der Waals surface area contributed by atoms with E-state index in [0.29, 0.717) is 0 Å². The molecule has 0 aliphatic carbocycles. The van der Waals surface area contributed by atoms with E-state index in [2.05, 4.69) is 10.1 Å². The minimum atomic E-state index is -0.444.